The van der Waals surface area contributed by atoms with Crippen molar-refractivity contribution in [2.75, 3.05) is 18.9 Å². The smallest absolute Gasteiger partial charge is 0.262 e. The van der Waals surface area contributed by atoms with Gasteiger partial charge in [-0.15, -0.1) is 12.4 Å². The molecule has 0 radical (unpaired) electrons. The van der Waals surface area contributed by atoms with Gasteiger partial charge in [0.1, 0.15) is 11.5 Å². The summed E-state index contributed by atoms with van der Waals surface area (Å²) in [5, 5.41) is 0. The van der Waals surface area contributed by atoms with Crippen LogP contribution in [0.15, 0.2) is 47.4 Å². The van der Waals surface area contributed by atoms with Crippen LogP contribution in [0.4, 0.5) is 5.69 Å². The van der Waals surface area contributed by atoms with Crippen LogP contribution in [-0.4, -0.2) is 22.6 Å². The maximum atomic E-state index is 12.4. The summed E-state index contributed by atoms with van der Waals surface area (Å²) in [7, 11) is -0.749. The summed E-state index contributed by atoms with van der Waals surface area (Å²) in [5.74, 6) is 0.930. The molecule has 0 saturated carbocycles. The van der Waals surface area contributed by atoms with E-state index < -0.39 is 10.0 Å². The van der Waals surface area contributed by atoms with Gasteiger partial charge < -0.3 is 15.2 Å². The van der Waals surface area contributed by atoms with E-state index in [4.69, 9.17) is 15.2 Å². The molecule has 0 unspecified atom stereocenters. The minimum Gasteiger partial charge on any atom is -0.497 e. The fourth-order valence-electron chi connectivity index (χ4n) is 1.90. The Morgan fingerprint density at radius 2 is 1.70 bits per heavy atom. The topological polar surface area (TPSA) is 90.6 Å². The zero-order valence-electron chi connectivity index (χ0n) is 12.8. The van der Waals surface area contributed by atoms with Crippen molar-refractivity contribution in [3.8, 4) is 11.5 Å². The number of sulfonamides is 1. The largest absolute Gasteiger partial charge is 0.497 e. The molecule has 2 aromatic rings. The summed E-state index contributed by atoms with van der Waals surface area (Å²) in [5.41, 5.74) is 6.68. The van der Waals surface area contributed by atoms with Gasteiger partial charge in [-0.2, -0.15) is 0 Å². The minimum absolute atomic E-state index is 0. The van der Waals surface area contributed by atoms with Crippen LogP contribution < -0.4 is 19.9 Å². The van der Waals surface area contributed by atoms with Gasteiger partial charge in [-0.05, 0) is 29.8 Å². The van der Waals surface area contributed by atoms with Gasteiger partial charge in [0, 0.05) is 12.6 Å². The van der Waals surface area contributed by atoms with Crippen LogP contribution >= 0.6 is 12.4 Å². The standard InChI is InChI=1S/C15H18N2O4S.ClH/c1-20-12-5-8-15(21-2)14(9-12)17-22(18,19)13-6-3-11(10-16)4-7-13;/h3-9,17H,10,16H2,1-2H3;1H. The Morgan fingerprint density at radius 1 is 1.04 bits per heavy atom. The van der Waals surface area contributed by atoms with Gasteiger partial charge in [-0.25, -0.2) is 8.42 Å². The number of hydrogen-bond donors (Lipinski definition) is 2. The maximum absolute atomic E-state index is 12.4. The van der Waals surface area contributed by atoms with E-state index in [1.54, 1.807) is 30.3 Å². The summed E-state index contributed by atoms with van der Waals surface area (Å²) in [6.07, 6.45) is 0. The Labute approximate surface area is 142 Å². The van der Waals surface area contributed by atoms with Crippen LogP contribution in [0.25, 0.3) is 0 Å². The monoisotopic (exact) mass is 358 g/mol. The Morgan fingerprint density at radius 3 is 2.22 bits per heavy atom. The molecule has 6 nitrogen and oxygen atoms in total. The zero-order chi connectivity index (χ0) is 16.2. The highest BCUT2D eigenvalue weighted by Crippen LogP contribution is 2.30. The molecular weight excluding hydrogens is 340 g/mol. The Hall–Kier alpha value is -1.96. The fraction of sp³-hybridized carbons (Fsp3) is 0.200. The molecule has 0 aromatic heterocycles. The normalized spacial score (nSPS) is 10.6. The lowest BCUT2D eigenvalue weighted by Gasteiger charge is -2.13. The molecular formula is C15H19ClN2O4S. The first-order valence-corrected chi connectivity index (χ1v) is 8.02. The van der Waals surface area contributed by atoms with Gasteiger partial charge in [-0.3, -0.25) is 4.72 Å². The van der Waals surface area contributed by atoms with E-state index in [2.05, 4.69) is 4.72 Å². The van der Waals surface area contributed by atoms with Gasteiger partial charge in [0.25, 0.3) is 10.0 Å². The van der Waals surface area contributed by atoms with Crippen molar-refractivity contribution >= 4 is 28.1 Å². The van der Waals surface area contributed by atoms with E-state index in [1.165, 1.54) is 26.4 Å². The predicted molar refractivity (Wildman–Crippen MR) is 91.9 cm³/mol. The van der Waals surface area contributed by atoms with E-state index in [1.807, 2.05) is 0 Å². The highest BCUT2D eigenvalue weighted by atomic mass is 35.5. The Bertz CT molecular complexity index is 749. The first-order valence-electron chi connectivity index (χ1n) is 6.54. The number of anilines is 1. The molecule has 0 aliphatic heterocycles. The second-order valence-corrected chi connectivity index (χ2v) is 6.20. The van der Waals surface area contributed by atoms with Crippen LogP contribution in [-0.2, 0) is 16.6 Å². The molecule has 0 aliphatic rings. The Kier molecular flexibility index (Phi) is 6.68. The van der Waals surface area contributed by atoms with Crippen molar-refractivity contribution in [2.45, 2.75) is 11.4 Å². The summed E-state index contributed by atoms with van der Waals surface area (Å²) in [4.78, 5) is 0.148. The molecule has 0 fully saturated rings. The summed E-state index contributed by atoms with van der Waals surface area (Å²) in [6.45, 7) is 0.359. The molecule has 126 valence electrons. The molecule has 0 aliphatic carbocycles. The number of nitrogens with one attached hydrogen (secondary N) is 1. The van der Waals surface area contributed by atoms with E-state index in [0.29, 0.717) is 23.7 Å². The third-order valence-electron chi connectivity index (χ3n) is 3.12. The number of rotatable bonds is 6. The third-order valence-corrected chi connectivity index (χ3v) is 4.50. The molecule has 0 saturated heterocycles. The molecule has 8 heteroatoms. The van der Waals surface area contributed by atoms with E-state index in [0.717, 1.165) is 5.56 Å². The lowest BCUT2D eigenvalue weighted by molar-refractivity contribution is 0.405. The van der Waals surface area contributed by atoms with Gasteiger partial charge in [0.2, 0.25) is 0 Å². The Balaban J connectivity index is 0.00000264. The quantitative estimate of drug-likeness (QED) is 0.827. The van der Waals surface area contributed by atoms with Crippen molar-refractivity contribution < 1.29 is 17.9 Å². The van der Waals surface area contributed by atoms with Gasteiger partial charge in [0.15, 0.2) is 0 Å². The fourth-order valence-corrected chi connectivity index (χ4v) is 2.96. The number of ether oxygens (including phenoxy) is 2. The first kappa shape index (κ1) is 19.1. The number of methoxy groups -OCH3 is 2. The molecule has 2 aromatic carbocycles. The molecule has 0 amide bonds. The molecule has 23 heavy (non-hydrogen) atoms. The van der Waals surface area contributed by atoms with Gasteiger partial charge in [-0.1, -0.05) is 12.1 Å². The minimum atomic E-state index is -3.72. The second-order valence-electron chi connectivity index (χ2n) is 4.52. The second kappa shape index (κ2) is 8.05. The zero-order valence-corrected chi connectivity index (χ0v) is 14.4. The molecule has 0 spiro atoms. The van der Waals surface area contributed by atoms with Gasteiger partial charge >= 0.3 is 0 Å². The molecule has 3 N–H and O–H groups in total. The van der Waals surface area contributed by atoms with E-state index >= 15 is 0 Å². The van der Waals surface area contributed by atoms with Crippen molar-refractivity contribution in [1.82, 2.24) is 0 Å². The number of hydrogen-bond acceptors (Lipinski definition) is 5. The van der Waals surface area contributed by atoms with Gasteiger partial charge in [0.05, 0.1) is 24.8 Å². The maximum Gasteiger partial charge on any atom is 0.262 e. The summed E-state index contributed by atoms with van der Waals surface area (Å²) < 4.78 is 37.6. The van der Waals surface area contributed by atoms with Crippen molar-refractivity contribution in [3.63, 3.8) is 0 Å². The lowest BCUT2D eigenvalue weighted by atomic mass is 10.2. The highest BCUT2D eigenvalue weighted by Gasteiger charge is 2.17. The van der Waals surface area contributed by atoms with Crippen LogP contribution in [0.3, 0.4) is 0 Å². The number of halogens is 1. The average molecular weight is 359 g/mol. The average Bonchev–Trinajstić information content (AvgIpc) is 2.54. The van der Waals surface area contributed by atoms with E-state index in [9.17, 15) is 8.42 Å². The van der Waals surface area contributed by atoms with Crippen LogP contribution in [0.2, 0.25) is 0 Å². The van der Waals surface area contributed by atoms with E-state index in [-0.39, 0.29) is 17.3 Å². The first-order chi connectivity index (χ1) is 10.5. The summed E-state index contributed by atoms with van der Waals surface area (Å²) >= 11 is 0. The van der Waals surface area contributed by atoms with Crippen LogP contribution in [0.5, 0.6) is 11.5 Å². The number of benzene rings is 2. The molecule has 0 heterocycles. The van der Waals surface area contributed by atoms with Crippen molar-refractivity contribution in [2.24, 2.45) is 5.73 Å². The molecule has 0 atom stereocenters. The lowest BCUT2D eigenvalue weighted by Crippen LogP contribution is -2.14. The number of nitrogens with two attached hydrogens (primary N) is 1. The van der Waals surface area contributed by atoms with Crippen molar-refractivity contribution in [1.29, 1.82) is 0 Å². The van der Waals surface area contributed by atoms with Crippen molar-refractivity contribution in [3.05, 3.63) is 48.0 Å². The molecule has 2 rings (SSSR count). The third kappa shape index (κ3) is 4.51. The molecule has 0 bridgehead atoms. The SMILES string of the molecule is COc1ccc(OC)c(NS(=O)(=O)c2ccc(CN)cc2)c1.Cl. The van der Waals surface area contributed by atoms with Crippen LogP contribution in [0, 0.1) is 0 Å². The highest BCUT2D eigenvalue weighted by molar-refractivity contribution is 7.92. The predicted octanol–water partition coefficient (Wildman–Crippen LogP) is 2.39. The summed E-state index contributed by atoms with van der Waals surface area (Å²) in [6, 6.07) is 11.3. The van der Waals surface area contributed by atoms with Crippen LogP contribution in [0.1, 0.15) is 5.56 Å².